The van der Waals surface area contributed by atoms with E-state index < -0.39 is 6.10 Å². The van der Waals surface area contributed by atoms with Crippen molar-refractivity contribution >= 4 is 5.91 Å². The number of amides is 1. The third-order valence-corrected chi connectivity index (χ3v) is 4.62. The second-order valence-electron chi connectivity index (χ2n) is 7.87. The monoisotopic (exact) mass is 369 g/mol. The normalized spacial score (nSPS) is 12.4. The molecule has 2 aromatic carbocycles. The fraction of sp³-hybridized carbons (Fsp3) is 0.435. The van der Waals surface area contributed by atoms with Crippen molar-refractivity contribution in [3.05, 3.63) is 59.2 Å². The Hall–Kier alpha value is -2.49. The zero-order valence-electron chi connectivity index (χ0n) is 17.3. The van der Waals surface area contributed by atoms with E-state index in [9.17, 15) is 4.79 Å². The Morgan fingerprint density at radius 1 is 1.07 bits per heavy atom. The summed E-state index contributed by atoms with van der Waals surface area (Å²) in [4.78, 5) is 12.2. The molecule has 0 unspecified atom stereocenters. The van der Waals surface area contributed by atoms with Crippen LogP contribution in [0.2, 0.25) is 0 Å². The van der Waals surface area contributed by atoms with Gasteiger partial charge in [0.2, 0.25) is 0 Å². The van der Waals surface area contributed by atoms with Crippen LogP contribution in [0.5, 0.6) is 11.5 Å². The van der Waals surface area contributed by atoms with E-state index in [1.165, 1.54) is 5.56 Å². The molecular formula is C23H31NO3. The first-order valence-corrected chi connectivity index (χ1v) is 9.42. The van der Waals surface area contributed by atoms with Crippen LogP contribution in [0.15, 0.2) is 42.5 Å². The molecule has 0 heterocycles. The van der Waals surface area contributed by atoms with Gasteiger partial charge in [0.1, 0.15) is 18.1 Å². The molecule has 0 radical (unpaired) electrons. The standard InChI is InChI=1S/C23H31NO3/c1-16-8-7-9-21(17(16)2)27-18(3)22(25)24-14-15-26-20-12-10-19(11-13-20)23(4,5)6/h7-13,18H,14-15H2,1-6H3,(H,24,25)/t18-/m0/s1. The topological polar surface area (TPSA) is 47.6 Å². The van der Waals surface area contributed by atoms with Gasteiger partial charge in [-0.1, -0.05) is 45.0 Å². The molecule has 0 saturated carbocycles. The second-order valence-corrected chi connectivity index (χ2v) is 7.87. The number of nitrogens with one attached hydrogen (secondary N) is 1. The molecule has 4 heteroatoms. The van der Waals surface area contributed by atoms with Crippen LogP contribution in [0, 0.1) is 13.8 Å². The SMILES string of the molecule is Cc1cccc(O[C@@H](C)C(=O)NCCOc2ccc(C(C)(C)C)cc2)c1C. The van der Waals surface area contributed by atoms with Crippen LogP contribution in [0.1, 0.15) is 44.4 Å². The highest BCUT2D eigenvalue weighted by Crippen LogP contribution is 2.24. The van der Waals surface area contributed by atoms with Gasteiger partial charge in [0.15, 0.2) is 6.10 Å². The molecule has 2 rings (SSSR count). The van der Waals surface area contributed by atoms with Gasteiger partial charge in [0.25, 0.3) is 5.91 Å². The van der Waals surface area contributed by atoms with Crippen LogP contribution in [0.3, 0.4) is 0 Å². The van der Waals surface area contributed by atoms with Gasteiger partial charge in [0.05, 0.1) is 6.54 Å². The van der Waals surface area contributed by atoms with Gasteiger partial charge < -0.3 is 14.8 Å². The Balaban J connectivity index is 1.76. The quantitative estimate of drug-likeness (QED) is 0.728. The van der Waals surface area contributed by atoms with Gasteiger partial charge in [-0.25, -0.2) is 0 Å². The van der Waals surface area contributed by atoms with Crippen LogP contribution in [0.4, 0.5) is 0 Å². The highest BCUT2D eigenvalue weighted by Gasteiger charge is 2.16. The van der Waals surface area contributed by atoms with E-state index in [2.05, 4.69) is 38.2 Å². The maximum Gasteiger partial charge on any atom is 0.260 e. The number of aryl methyl sites for hydroxylation is 1. The zero-order valence-corrected chi connectivity index (χ0v) is 17.3. The average molecular weight is 370 g/mol. The Morgan fingerprint density at radius 3 is 2.37 bits per heavy atom. The van der Waals surface area contributed by atoms with Crippen LogP contribution in [-0.2, 0) is 10.2 Å². The Bertz CT molecular complexity index is 760. The number of rotatable bonds is 7. The van der Waals surface area contributed by atoms with E-state index in [0.717, 1.165) is 22.6 Å². The summed E-state index contributed by atoms with van der Waals surface area (Å²) in [6, 6.07) is 13.9. The molecule has 0 aliphatic carbocycles. The number of hydrogen-bond donors (Lipinski definition) is 1. The van der Waals surface area contributed by atoms with Crippen molar-refractivity contribution in [2.75, 3.05) is 13.2 Å². The van der Waals surface area contributed by atoms with E-state index in [0.29, 0.717) is 13.2 Å². The number of carbonyl (C=O) groups is 1. The highest BCUT2D eigenvalue weighted by molar-refractivity contribution is 5.80. The summed E-state index contributed by atoms with van der Waals surface area (Å²) < 4.78 is 11.5. The summed E-state index contributed by atoms with van der Waals surface area (Å²) >= 11 is 0. The predicted molar refractivity (Wildman–Crippen MR) is 110 cm³/mol. The van der Waals surface area contributed by atoms with Crippen molar-refractivity contribution < 1.29 is 14.3 Å². The van der Waals surface area contributed by atoms with Gasteiger partial charge in [-0.15, -0.1) is 0 Å². The summed E-state index contributed by atoms with van der Waals surface area (Å²) in [6.45, 7) is 13.2. The lowest BCUT2D eigenvalue weighted by atomic mass is 9.87. The highest BCUT2D eigenvalue weighted by atomic mass is 16.5. The first kappa shape index (κ1) is 20.8. The van der Waals surface area contributed by atoms with E-state index in [1.807, 2.05) is 44.2 Å². The van der Waals surface area contributed by atoms with Crippen LogP contribution in [0.25, 0.3) is 0 Å². The molecule has 0 spiro atoms. The molecule has 146 valence electrons. The molecule has 0 aromatic heterocycles. The Morgan fingerprint density at radius 2 is 1.74 bits per heavy atom. The molecule has 1 atom stereocenters. The summed E-state index contributed by atoms with van der Waals surface area (Å²) in [6.07, 6.45) is -0.559. The summed E-state index contributed by atoms with van der Waals surface area (Å²) in [5.74, 6) is 1.40. The first-order chi connectivity index (χ1) is 12.7. The molecule has 0 aliphatic heterocycles. The van der Waals surface area contributed by atoms with Crippen molar-refractivity contribution in [2.24, 2.45) is 0 Å². The lowest BCUT2D eigenvalue weighted by Gasteiger charge is -2.19. The van der Waals surface area contributed by atoms with E-state index in [-0.39, 0.29) is 11.3 Å². The van der Waals surface area contributed by atoms with Gasteiger partial charge in [-0.3, -0.25) is 4.79 Å². The lowest BCUT2D eigenvalue weighted by molar-refractivity contribution is -0.127. The van der Waals surface area contributed by atoms with Gasteiger partial charge >= 0.3 is 0 Å². The predicted octanol–water partition coefficient (Wildman–Crippen LogP) is 4.56. The van der Waals surface area contributed by atoms with Crippen LogP contribution in [-0.4, -0.2) is 25.2 Å². The van der Waals surface area contributed by atoms with Gasteiger partial charge in [-0.2, -0.15) is 0 Å². The van der Waals surface area contributed by atoms with Crippen molar-refractivity contribution in [3.63, 3.8) is 0 Å². The Labute approximate surface area is 162 Å². The van der Waals surface area contributed by atoms with Gasteiger partial charge in [0, 0.05) is 0 Å². The lowest BCUT2D eigenvalue weighted by Crippen LogP contribution is -2.38. The van der Waals surface area contributed by atoms with E-state index in [1.54, 1.807) is 6.92 Å². The molecule has 2 aromatic rings. The number of hydrogen-bond acceptors (Lipinski definition) is 3. The maximum atomic E-state index is 12.2. The number of carbonyl (C=O) groups excluding carboxylic acids is 1. The van der Waals surface area contributed by atoms with Crippen LogP contribution >= 0.6 is 0 Å². The zero-order chi connectivity index (χ0) is 20.0. The van der Waals surface area contributed by atoms with Crippen molar-refractivity contribution in [3.8, 4) is 11.5 Å². The maximum absolute atomic E-state index is 12.2. The minimum atomic E-state index is -0.559. The van der Waals surface area contributed by atoms with Crippen molar-refractivity contribution in [1.82, 2.24) is 5.32 Å². The number of ether oxygens (including phenoxy) is 2. The molecule has 1 N–H and O–H groups in total. The van der Waals surface area contributed by atoms with Gasteiger partial charge in [-0.05, 0) is 61.1 Å². The third kappa shape index (κ3) is 6.02. The molecule has 0 bridgehead atoms. The molecule has 0 aliphatic rings. The van der Waals surface area contributed by atoms with Crippen LogP contribution < -0.4 is 14.8 Å². The molecule has 0 saturated heterocycles. The van der Waals surface area contributed by atoms with Crippen molar-refractivity contribution in [1.29, 1.82) is 0 Å². The largest absolute Gasteiger partial charge is 0.492 e. The fourth-order valence-electron chi connectivity index (χ4n) is 2.63. The molecule has 0 fully saturated rings. The third-order valence-electron chi connectivity index (χ3n) is 4.62. The smallest absolute Gasteiger partial charge is 0.260 e. The minimum absolute atomic E-state index is 0.123. The second kappa shape index (κ2) is 8.94. The minimum Gasteiger partial charge on any atom is -0.492 e. The van der Waals surface area contributed by atoms with E-state index in [4.69, 9.17) is 9.47 Å². The van der Waals surface area contributed by atoms with E-state index >= 15 is 0 Å². The fourth-order valence-corrected chi connectivity index (χ4v) is 2.63. The summed E-state index contributed by atoms with van der Waals surface area (Å²) in [5, 5.41) is 2.85. The van der Waals surface area contributed by atoms with Crippen molar-refractivity contribution in [2.45, 2.75) is 53.1 Å². The first-order valence-electron chi connectivity index (χ1n) is 9.42. The Kier molecular flexibility index (Phi) is 6.89. The average Bonchev–Trinajstić information content (AvgIpc) is 2.62. The molecular weight excluding hydrogens is 338 g/mol. The summed E-state index contributed by atoms with van der Waals surface area (Å²) in [5.41, 5.74) is 3.59. The molecule has 4 nitrogen and oxygen atoms in total. The summed E-state index contributed by atoms with van der Waals surface area (Å²) in [7, 11) is 0. The number of benzene rings is 2. The molecule has 1 amide bonds. The molecule has 27 heavy (non-hydrogen) atoms.